The van der Waals surface area contributed by atoms with Crippen molar-refractivity contribution >= 4 is 11.0 Å². The minimum atomic E-state index is -0.756. The van der Waals surface area contributed by atoms with Crippen LogP contribution in [0.5, 0.6) is 5.75 Å². The SMILES string of the molecule is CC(C)=CCc1c(O)c2c(C(C)O)cccc2oc1=O. The third-order valence-electron chi connectivity index (χ3n) is 3.19. The predicted molar refractivity (Wildman–Crippen MR) is 77.9 cm³/mol. The number of allylic oxidation sites excluding steroid dienone is 2. The van der Waals surface area contributed by atoms with Crippen molar-refractivity contribution in [2.24, 2.45) is 0 Å². The molecule has 1 aromatic carbocycles. The molecular weight excluding hydrogens is 256 g/mol. The Balaban J connectivity index is 2.75. The zero-order valence-electron chi connectivity index (χ0n) is 11.8. The first-order chi connectivity index (χ1) is 9.41. The maximum absolute atomic E-state index is 11.9. The van der Waals surface area contributed by atoms with E-state index < -0.39 is 11.7 Å². The fraction of sp³-hybridized carbons (Fsp3) is 0.312. The van der Waals surface area contributed by atoms with Crippen LogP contribution in [0.3, 0.4) is 0 Å². The van der Waals surface area contributed by atoms with Gasteiger partial charge in [-0.3, -0.25) is 0 Å². The highest BCUT2D eigenvalue weighted by Gasteiger charge is 2.17. The number of aliphatic hydroxyl groups is 1. The fourth-order valence-corrected chi connectivity index (χ4v) is 2.13. The van der Waals surface area contributed by atoms with Crippen LogP contribution >= 0.6 is 0 Å². The molecular formula is C16H18O4. The maximum atomic E-state index is 11.9. The lowest BCUT2D eigenvalue weighted by Crippen LogP contribution is -2.08. The number of benzene rings is 1. The predicted octanol–water partition coefficient (Wildman–Crippen LogP) is 3.06. The van der Waals surface area contributed by atoms with Gasteiger partial charge in [-0.2, -0.15) is 0 Å². The summed E-state index contributed by atoms with van der Waals surface area (Å²) in [6.07, 6.45) is 1.40. The number of hydrogen-bond acceptors (Lipinski definition) is 4. The minimum Gasteiger partial charge on any atom is -0.507 e. The molecule has 0 aliphatic rings. The Morgan fingerprint density at radius 2 is 2.10 bits per heavy atom. The number of aliphatic hydroxyl groups excluding tert-OH is 1. The van der Waals surface area contributed by atoms with Gasteiger partial charge in [0.2, 0.25) is 0 Å². The summed E-state index contributed by atoms with van der Waals surface area (Å²) in [6.45, 7) is 5.44. The van der Waals surface area contributed by atoms with Gasteiger partial charge in [0, 0.05) is 6.42 Å². The molecule has 0 spiro atoms. The monoisotopic (exact) mass is 274 g/mol. The highest BCUT2D eigenvalue weighted by molar-refractivity contribution is 5.87. The van der Waals surface area contributed by atoms with Crippen LogP contribution in [-0.4, -0.2) is 10.2 Å². The van der Waals surface area contributed by atoms with E-state index in [0.717, 1.165) is 5.57 Å². The lowest BCUT2D eigenvalue weighted by atomic mass is 10.0. The summed E-state index contributed by atoms with van der Waals surface area (Å²) in [5.74, 6) is -0.106. The molecule has 0 aliphatic heterocycles. The normalized spacial score (nSPS) is 12.4. The Kier molecular flexibility index (Phi) is 3.95. The highest BCUT2D eigenvalue weighted by atomic mass is 16.4. The number of fused-ring (bicyclic) bond motifs is 1. The molecule has 4 nitrogen and oxygen atoms in total. The zero-order valence-corrected chi connectivity index (χ0v) is 11.8. The standard InChI is InChI=1S/C16H18O4/c1-9(2)7-8-12-15(18)14-11(10(3)17)5-4-6-13(14)20-16(12)19/h4-7,10,17-18H,8H2,1-3H3. The van der Waals surface area contributed by atoms with E-state index in [4.69, 9.17) is 4.42 Å². The summed E-state index contributed by atoms with van der Waals surface area (Å²) >= 11 is 0. The summed E-state index contributed by atoms with van der Waals surface area (Å²) in [6, 6.07) is 4.99. The number of hydrogen-bond donors (Lipinski definition) is 2. The fourth-order valence-electron chi connectivity index (χ4n) is 2.13. The molecule has 2 rings (SSSR count). The van der Waals surface area contributed by atoms with E-state index in [1.54, 1.807) is 25.1 Å². The Hall–Kier alpha value is -2.07. The largest absolute Gasteiger partial charge is 0.507 e. The average Bonchev–Trinajstić information content (AvgIpc) is 2.37. The van der Waals surface area contributed by atoms with Crippen LogP contribution in [0, 0.1) is 0 Å². The van der Waals surface area contributed by atoms with Crippen LogP contribution in [0.1, 0.15) is 38.0 Å². The van der Waals surface area contributed by atoms with Crippen molar-refractivity contribution in [2.75, 3.05) is 0 Å². The number of aromatic hydroxyl groups is 1. The van der Waals surface area contributed by atoms with E-state index in [-0.39, 0.29) is 16.9 Å². The molecule has 0 fully saturated rings. The maximum Gasteiger partial charge on any atom is 0.343 e. The molecule has 1 heterocycles. The molecule has 0 amide bonds. The van der Waals surface area contributed by atoms with Crippen molar-refractivity contribution in [1.29, 1.82) is 0 Å². The van der Waals surface area contributed by atoms with Crippen molar-refractivity contribution < 1.29 is 14.6 Å². The van der Waals surface area contributed by atoms with E-state index in [1.165, 1.54) is 0 Å². The molecule has 1 atom stereocenters. The van der Waals surface area contributed by atoms with Gasteiger partial charge in [-0.25, -0.2) is 4.79 Å². The van der Waals surface area contributed by atoms with Gasteiger partial charge in [0.05, 0.1) is 17.1 Å². The van der Waals surface area contributed by atoms with E-state index in [0.29, 0.717) is 17.4 Å². The van der Waals surface area contributed by atoms with Gasteiger partial charge < -0.3 is 14.6 Å². The Bertz CT molecular complexity index is 719. The Morgan fingerprint density at radius 1 is 1.40 bits per heavy atom. The van der Waals surface area contributed by atoms with Gasteiger partial charge in [0.25, 0.3) is 0 Å². The van der Waals surface area contributed by atoms with Crippen LogP contribution in [0.4, 0.5) is 0 Å². The second kappa shape index (κ2) is 5.51. The first kappa shape index (κ1) is 14.3. The van der Waals surface area contributed by atoms with Crippen LogP contribution in [0.15, 0.2) is 39.1 Å². The van der Waals surface area contributed by atoms with Gasteiger partial charge in [-0.1, -0.05) is 23.8 Å². The molecule has 2 N–H and O–H groups in total. The molecule has 1 unspecified atom stereocenters. The molecule has 0 radical (unpaired) electrons. The summed E-state index contributed by atoms with van der Waals surface area (Å²) in [4.78, 5) is 11.9. The van der Waals surface area contributed by atoms with Gasteiger partial charge in [-0.15, -0.1) is 0 Å². The molecule has 2 aromatic rings. The van der Waals surface area contributed by atoms with Gasteiger partial charge >= 0.3 is 5.63 Å². The lowest BCUT2D eigenvalue weighted by Gasteiger charge is -2.11. The molecule has 0 saturated carbocycles. The van der Waals surface area contributed by atoms with E-state index >= 15 is 0 Å². The molecule has 106 valence electrons. The van der Waals surface area contributed by atoms with E-state index in [2.05, 4.69) is 0 Å². The second-order valence-corrected chi connectivity index (χ2v) is 5.10. The molecule has 1 aromatic heterocycles. The van der Waals surface area contributed by atoms with Gasteiger partial charge in [-0.05, 0) is 32.4 Å². The number of rotatable bonds is 3. The summed E-state index contributed by atoms with van der Waals surface area (Å²) in [5.41, 5.74) is 1.55. The highest BCUT2D eigenvalue weighted by Crippen LogP contribution is 2.33. The van der Waals surface area contributed by atoms with Gasteiger partial charge in [0.15, 0.2) is 0 Å². The molecule has 4 heteroatoms. The van der Waals surface area contributed by atoms with E-state index in [9.17, 15) is 15.0 Å². The summed E-state index contributed by atoms with van der Waals surface area (Å²) in [5, 5.41) is 20.6. The third-order valence-corrected chi connectivity index (χ3v) is 3.19. The summed E-state index contributed by atoms with van der Waals surface area (Å²) in [7, 11) is 0. The minimum absolute atomic E-state index is 0.106. The molecule has 0 aliphatic carbocycles. The Labute approximate surface area is 117 Å². The summed E-state index contributed by atoms with van der Waals surface area (Å²) < 4.78 is 5.24. The van der Waals surface area contributed by atoms with Crippen molar-refractivity contribution in [3.8, 4) is 5.75 Å². The molecule has 0 bridgehead atoms. The lowest BCUT2D eigenvalue weighted by molar-refractivity contribution is 0.200. The van der Waals surface area contributed by atoms with Crippen molar-refractivity contribution in [2.45, 2.75) is 33.3 Å². The van der Waals surface area contributed by atoms with Crippen molar-refractivity contribution in [1.82, 2.24) is 0 Å². The average molecular weight is 274 g/mol. The Morgan fingerprint density at radius 3 is 2.70 bits per heavy atom. The zero-order chi connectivity index (χ0) is 14.9. The van der Waals surface area contributed by atoms with Crippen LogP contribution in [0.2, 0.25) is 0 Å². The molecule has 20 heavy (non-hydrogen) atoms. The third kappa shape index (κ3) is 2.60. The van der Waals surface area contributed by atoms with Crippen LogP contribution < -0.4 is 5.63 Å². The second-order valence-electron chi connectivity index (χ2n) is 5.10. The topological polar surface area (TPSA) is 70.7 Å². The quantitative estimate of drug-likeness (QED) is 0.666. The first-order valence-corrected chi connectivity index (χ1v) is 6.50. The van der Waals surface area contributed by atoms with E-state index in [1.807, 2.05) is 19.9 Å². The van der Waals surface area contributed by atoms with Crippen molar-refractivity contribution in [3.05, 3.63) is 51.4 Å². The van der Waals surface area contributed by atoms with Crippen LogP contribution in [-0.2, 0) is 6.42 Å². The first-order valence-electron chi connectivity index (χ1n) is 6.50. The van der Waals surface area contributed by atoms with Gasteiger partial charge in [0.1, 0.15) is 11.3 Å². The molecule has 0 saturated heterocycles. The van der Waals surface area contributed by atoms with Crippen LogP contribution in [0.25, 0.3) is 11.0 Å². The smallest absolute Gasteiger partial charge is 0.343 e. The van der Waals surface area contributed by atoms with Crippen molar-refractivity contribution in [3.63, 3.8) is 0 Å².